The summed E-state index contributed by atoms with van der Waals surface area (Å²) >= 11 is 0. The van der Waals surface area contributed by atoms with Gasteiger partial charge in [-0.3, -0.25) is 0 Å². The molecule has 1 aromatic heterocycles. The second-order valence-electron chi connectivity index (χ2n) is 7.58. The predicted molar refractivity (Wildman–Crippen MR) is 119 cm³/mol. The van der Waals surface area contributed by atoms with Gasteiger partial charge in [0.25, 0.3) is 0 Å². The minimum Gasteiger partial charge on any atom is -0.461 e. The SMILES string of the molecule is Cc1nc(/C=C/c2ccccc2)c(/C=C/c2ccccc2)c2c1OC(C)(C)OC2. The van der Waals surface area contributed by atoms with Crippen molar-refractivity contribution in [3.05, 3.63) is 94.3 Å². The molecule has 0 unspecified atom stereocenters. The van der Waals surface area contributed by atoms with Crippen LogP contribution in [0.15, 0.2) is 60.7 Å². The maximum absolute atomic E-state index is 6.12. The van der Waals surface area contributed by atoms with Crippen LogP contribution in [-0.4, -0.2) is 10.8 Å². The quantitative estimate of drug-likeness (QED) is 0.524. The number of nitrogens with zero attached hydrogens (tertiary/aromatic N) is 1. The highest BCUT2D eigenvalue weighted by molar-refractivity contribution is 5.80. The van der Waals surface area contributed by atoms with Crippen LogP contribution >= 0.6 is 0 Å². The molecule has 3 heteroatoms. The van der Waals surface area contributed by atoms with Gasteiger partial charge in [0.2, 0.25) is 5.79 Å². The van der Waals surface area contributed by atoms with Crippen LogP contribution in [0.2, 0.25) is 0 Å². The minimum absolute atomic E-state index is 0.492. The van der Waals surface area contributed by atoms with E-state index >= 15 is 0 Å². The summed E-state index contributed by atoms with van der Waals surface area (Å²) in [5, 5.41) is 0. The molecule has 0 bridgehead atoms. The zero-order valence-electron chi connectivity index (χ0n) is 17.1. The number of benzene rings is 2. The van der Waals surface area contributed by atoms with Gasteiger partial charge in [-0.15, -0.1) is 0 Å². The van der Waals surface area contributed by atoms with Crippen molar-refractivity contribution in [2.45, 2.75) is 33.2 Å². The third kappa shape index (κ3) is 4.47. The predicted octanol–water partition coefficient (Wildman–Crippen LogP) is 6.38. The van der Waals surface area contributed by atoms with Crippen LogP contribution in [0.1, 0.15) is 47.5 Å². The zero-order valence-corrected chi connectivity index (χ0v) is 17.1. The van der Waals surface area contributed by atoms with E-state index in [4.69, 9.17) is 14.5 Å². The van der Waals surface area contributed by atoms with Gasteiger partial charge in [-0.05, 0) is 24.1 Å². The molecule has 1 aliphatic heterocycles. The molecule has 1 aliphatic rings. The van der Waals surface area contributed by atoms with E-state index in [9.17, 15) is 0 Å². The van der Waals surface area contributed by atoms with Gasteiger partial charge >= 0.3 is 0 Å². The normalized spacial score (nSPS) is 15.4. The van der Waals surface area contributed by atoms with Crippen molar-refractivity contribution >= 4 is 24.3 Å². The van der Waals surface area contributed by atoms with Gasteiger partial charge in [0.1, 0.15) is 0 Å². The molecular formula is C26H25NO2. The molecule has 146 valence electrons. The molecule has 3 aromatic rings. The van der Waals surface area contributed by atoms with Crippen LogP contribution in [0, 0.1) is 6.92 Å². The minimum atomic E-state index is -0.652. The number of fused-ring (bicyclic) bond motifs is 1. The van der Waals surface area contributed by atoms with E-state index in [1.165, 1.54) is 0 Å². The van der Waals surface area contributed by atoms with Crippen molar-refractivity contribution in [2.24, 2.45) is 0 Å². The molecule has 0 spiro atoms. The Morgan fingerprint density at radius 3 is 2.03 bits per heavy atom. The number of ether oxygens (including phenoxy) is 2. The van der Waals surface area contributed by atoms with E-state index in [1.54, 1.807) is 0 Å². The molecule has 0 amide bonds. The summed E-state index contributed by atoms with van der Waals surface area (Å²) in [5.41, 5.74) is 6.12. The fourth-order valence-electron chi connectivity index (χ4n) is 3.38. The lowest BCUT2D eigenvalue weighted by Crippen LogP contribution is -2.36. The molecule has 0 N–H and O–H groups in total. The number of rotatable bonds is 4. The summed E-state index contributed by atoms with van der Waals surface area (Å²) in [4.78, 5) is 4.86. The Hall–Kier alpha value is -3.17. The first-order valence-electron chi connectivity index (χ1n) is 9.84. The first kappa shape index (κ1) is 19.2. The van der Waals surface area contributed by atoms with Crippen LogP contribution in [0.4, 0.5) is 0 Å². The Bertz CT molecular complexity index is 1050. The number of pyridine rings is 1. The summed E-state index contributed by atoms with van der Waals surface area (Å²) in [6.07, 6.45) is 8.36. The van der Waals surface area contributed by atoms with Crippen molar-refractivity contribution in [1.29, 1.82) is 0 Å². The molecule has 0 aliphatic carbocycles. The average Bonchev–Trinajstić information content (AvgIpc) is 2.73. The molecule has 2 aromatic carbocycles. The van der Waals surface area contributed by atoms with Crippen molar-refractivity contribution in [3.8, 4) is 5.75 Å². The summed E-state index contributed by atoms with van der Waals surface area (Å²) in [6.45, 7) is 6.34. The summed E-state index contributed by atoms with van der Waals surface area (Å²) < 4.78 is 12.1. The highest BCUT2D eigenvalue weighted by atomic mass is 16.7. The van der Waals surface area contributed by atoms with Crippen molar-refractivity contribution in [3.63, 3.8) is 0 Å². The van der Waals surface area contributed by atoms with E-state index in [0.717, 1.165) is 39.4 Å². The number of aryl methyl sites for hydroxylation is 1. The van der Waals surface area contributed by atoms with Crippen molar-refractivity contribution < 1.29 is 9.47 Å². The van der Waals surface area contributed by atoms with Crippen LogP contribution in [0.25, 0.3) is 24.3 Å². The summed E-state index contributed by atoms with van der Waals surface area (Å²) in [5.74, 6) is 0.173. The topological polar surface area (TPSA) is 31.4 Å². The van der Waals surface area contributed by atoms with E-state index in [-0.39, 0.29) is 0 Å². The van der Waals surface area contributed by atoms with Crippen LogP contribution in [0.3, 0.4) is 0 Å². The molecule has 2 heterocycles. The smallest absolute Gasteiger partial charge is 0.205 e. The first-order chi connectivity index (χ1) is 14.0. The first-order valence-corrected chi connectivity index (χ1v) is 9.84. The third-order valence-electron chi connectivity index (χ3n) is 4.88. The van der Waals surface area contributed by atoms with Crippen LogP contribution < -0.4 is 4.74 Å². The van der Waals surface area contributed by atoms with Gasteiger partial charge < -0.3 is 9.47 Å². The lowest BCUT2D eigenvalue weighted by Gasteiger charge is -2.34. The van der Waals surface area contributed by atoms with Gasteiger partial charge in [-0.2, -0.15) is 0 Å². The standard InChI is InChI=1S/C26H25NO2/c1-19-25-23(18-28-26(2,3)29-25)22(16-14-20-10-6-4-7-11-20)24(27-19)17-15-21-12-8-5-9-13-21/h4-17H,18H2,1-3H3/b16-14+,17-15+. The Kier molecular flexibility index (Phi) is 5.32. The zero-order chi connectivity index (χ0) is 20.3. The third-order valence-corrected chi connectivity index (χ3v) is 4.88. The molecule has 3 nitrogen and oxygen atoms in total. The fourth-order valence-corrected chi connectivity index (χ4v) is 3.38. The summed E-state index contributed by atoms with van der Waals surface area (Å²) in [7, 11) is 0. The molecule has 29 heavy (non-hydrogen) atoms. The van der Waals surface area contributed by atoms with Gasteiger partial charge in [0.15, 0.2) is 5.75 Å². The average molecular weight is 383 g/mol. The fraction of sp³-hybridized carbons (Fsp3) is 0.192. The lowest BCUT2D eigenvalue weighted by atomic mass is 10.0. The van der Waals surface area contributed by atoms with E-state index < -0.39 is 5.79 Å². The van der Waals surface area contributed by atoms with Gasteiger partial charge in [-0.1, -0.05) is 78.9 Å². The molecule has 4 rings (SSSR count). The maximum atomic E-state index is 6.12. The van der Waals surface area contributed by atoms with Crippen LogP contribution in [-0.2, 0) is 11.3 Å². The Labute approximate surface area is 172 Å². The van der Waals surface area contributed by atoms with Crippen molar-refractivity contribution in [1.82, 2.24) is 4.98 Å². The lowest BCUT2D eigenvalue weighted by molar-refractivity contribution is -0.180. The molecule has 0 fully saturated rings. The number of hydrogen-bond acceptors (Lipinski definition) is 3. The van der Waals surface area contributed by atoms with E-state index in [2.05, 4.69) is 48.6 Å². The van der Waals surface area contributed by atoms with E-state index in [1.807, 2.05) is 57.2 Å². The number of aromatic nitrogens is 1. The molecular weight excluding hydrogens is 358 g/mol. The Balaban J connectivity index is 1.80. The van der Waals surface area contributed by atoms with Gasteiger partial charge in [-0.25, -0.2) is 4.98 Å². The molecule has 0 atom stereocenters. The summed E-state index contributed by atoms with van der Waals surface area (Å²) in [6, 6.07) is 20.5. The van der Waals surface area contributed by atoms with E-state index in [0.29, 0.717) is 6.61 Å². The van der Waals surface area contributed by atoms with Gasteiger partial charge in [0.05, 0.1) is 18.0 Å². The molecule has 0 saturated heterocycles. The molecule has 0 radical (unpaired) electrons. The Morgan fingerprint density at radius 1 is 0.828 bits per heavy atom. The molecule has 0 saturated carbocycles. The van der Waals surface area contributed by atoms with Gasteiger partial charge in [0, 0.05) is 25.0 Å². The number of hydrogen-bond donors (Lipinski definition) is 0. The Morgan fingerprint density at radius 2 is 1.41 bits per heavy atom. The second kappa shape index (κ2) is 8.06. The highest BCUT2D eigenvalue weighted by Crippen LogP contribution is 2.37. The largest absolute Gasteiger partial charge is 0.461 e. The maximum Gasteiger partial charge on any atom is 0.205 e. The monoisotopic (exact) mass is 383 g/mol. The highest BCUT2D eigenvalue weighted by Gasteiger charge is 2.31. The van der Waals surface area contributed by atoms with Crippen LogP contribution in [0.5, 0.6) is 5.75 Å². The van der Waals surface area contributed by atoms with Crippen molar-refractivity contribution in [2.75, 3.05) is 0 Å². The second-order valence-corrected chi connectivity index (χ2v) is 7.58.